The van der Waals surface area contributed by atoms with Crippen molar-refractivity contribution in [3.8, 4) is 5.75 Å². The minimum Gasteiger partial charge on any atom is -0.497 e. The van der Waals surface area contributed by atoms with Gasteiger partial charge in [0, 0.05) is 29.1 Å². The lowest BCUT2D eigenvalue weighted by Gasteiger charge is -2.23. The number of amidine groups is 1. The number of rotatable bonds is 6. The standard InChI is InChI=1S/C28H30N4O2/c1-34-23-12-13-24-18(14-23)6-5-7-21(24)17-32-25-16-20(27(29)30)11-10-19(25)15-26(32)28(33)31-22-8-3-2-4-9-22/h5-7,10-16,22H,2-4,8-9,17H2,1H3,(H3,29,30)(H,31,33). The molecule has 4 aromatic rings. The molecule has 34 heavy (non-hydrogen) atoms. The summed E-state index contributed by atoms with van der Waals surface area (Å²) in [4.78, 5) is 13.4. The van der Waals surface area contributed by atoms with Crippen LogP contribution in [0.5, 0.6) is 5.75 Å². The van der Waals surface area contributed by atoms with Crippen molar-refractivity contribution in [2.24, 2.45) is 5.73 Å². The van der Waals surface area contributed by atoms with E-state index in [2.05, 4.69) is 28.1 Å². The highest BCUT2D eigenvalue weighted by Crippen LogP contribution is 2.28. The molecule has 3 aromatic carbocycles. The average molecular weight is 455 g/mol. The maximum atomic E-state index is 13.4. The number of hydrogen-bond acceptors (Lipinski definition) is 3. The molecule has 0 bridgehead atoms. The molecule has 1 saturated carbocycles. The number of fused-ring (bicyclic) bond motifs is 2. The number of amides is 1. The number of aromatic nitrogens is 1. The first-order valence-electron chi connectivity index (χ1n) is 11.9. The monoisotopic (exact) mass is 454 g/mol. The Hall–Kier alpha value is -3.80. The number of nitrogens with zero attached hydrogens (tertiary/aromatic N) is 1. The molecule has 1 aliphatic carbocycles. The first kappa shape index (κ1) is 22.0. The molecule has 0 unspecified atom stereocenters. The molecule has 1 aromatic heterocycles. The van der Waals surface area contributed by atoms with E-state index in [-0.39, 0.29) is 17.8 Å². The quantitative estimate of drug-likeness (QED) is 0.276. The van der Waals surface area contributed by atoms with Crippen LogP contribution >= 0.6 is 0 Å². The third kappa shape index (κ3) is 4.23. The van der Waals surface area contributed by atoms with E-state index in [4.69, 9.17) is 15.9 Å². The zero-order valence-electron chi connectivity index (χ0n) is 19.4. The Morgan fingerprint density at radius 2 is 1.88 bits per heavy atom. The van der Waals surface area contributed by atoms with E-state index in [1.165, 1.54) is 6.42 Å². The fraction of sp³-hybridized carbons (Fsp3) is 0.286. The van der Waals surface area contributed by atoms with Gasteiger partial charge in [-0.25, -0.2) is 0 Å². The first-order chi connectivity index (χ1) is 16.5. The van der Waals surface area contributed by atoms with Crippen LogP contribution in [0.1, 0.15) is 53.7 Å². The molecule has 1 fully saturated rings. The van der Waals surface area contributed by atoms with Crippen LogP contribution in [0.15, 0.2) is 60.7 Å². The van der Waals surface area contributed by atoms with E-state index in [1.54, 1.807) is 7.11 Å². The molecule has 1 amide bonds. The van der Waals surface area contributed by atoms with Crippen LogP contribution in [0, 0.1) is 5.41 Å². The Kier molecular flexibility index (Phi) is 5.97. The second-order valence-corrected chi connectivity index (χ2v) is 9.12. The fourth-order valence-corrected chi connectivity index (χ4v) is 5.05. The summed E-state index contributed by atoms with van der Waals surface area (Å²) in [6.45, 7) is 0.530. The minimum atomic E-state index is -0.0469. The van der Waals surface area contributed by atoms with E-state index in [0.29, 0.717) is 17.8 Å². The predicted molar refractivity (Wildman–Crippen MR) is 137 cm³/mol. The molecular formula is C28H30N4O2. The van der Waals surface area contributed by atoms with Crippen molar-refractivity contribution in [3.63, 3.8) is 0 Å². The summed E-state index contributed by atoms with van der Waals surface area (Å²) in [5.74, 6) is 0.782. The third-order valence-electron chi connectivity index (χ3n) is 6.89. The molecule has 174 valence electrons. The number of hydrogen-bond donors (Lipinski definition) is 3. The van der Waals surface area contributed by atoms with Gasteiger partial charge < -0.3 is 20.4 Å². The molecule has 0 aliphatic heterocycles. The van der Waals surface area contributed by atoms with Gasteiger partial charge in [-0.3, -0.25) is 10.2 Å². The van der Waals surface area contributed by atoms with Crippen LogP contribution < -0.4 is 15.8 Å². The number of ether oxygens (including phenoxy) is 1. The smallest absolute Gasteiger partial charge is 0.268 e. The summed E-state index contributed by atoms with van der Waals surface area (Å²) in [5, 5.41) is 14.3. The molecule has 4 N–H and O–H groups in total. The third-order valence-corrected chi connectivity index (χ3v) is 6.89. The van der Waals surface area contributed by atoms with Gasteiger partial charge in [0.1, 0.15) is 17.3 Å². The van der Waals surface area contributed by atoms with Gasteiger partial charge in [-0.15, -0.1) is 0 Å². The SMILES string of the molecule is COc1ccc2c(Cn3c(C(=O)NC4CCCCC4)cc4ccc(C(=N)N)cc43)cccc2c1. The summed E-state index contributed by atoms with van der Waals surface area (Å²) in [6, 6.07) is 20.1. The summed E-state index contributed by atoms with van der Waals surface area (Å²) in [5.41, 5.74) is 9.06. The summed E-state index contributed by atoms with van der Waals surface area (Å²) in [6.07, 6.45) is 5.63. The number of methoxy groups -OCH3 is 1. The van der Waals surface area contributed by atoms with Crippen molar-refractivity contribution in [3.05, 3.63) is 77.5 Å². The second kappa shape index (κ2) is 9.21. The molecule has 1 aliphatic rings. The Morgan fingerprint density at radius 1 is 1.06 bits per heavy atom. The van der Waals surface area contributed by atoms with E-state index in [9.17, 15) is 4.79 Å². The lowest BCUT2D eigenvalue weighted by Crippen LogP contribution is -2.37. The maximum absolute atomic E-state index is 13.4. The number of benzene rings is 3. The number of nitrogens with two attached hydrogens (primary N) is 1. The zero-order valence-corrected chi connectivity index (χ0v) is 19.4. The largest absolute Gasteiger partial charge is 0.497 e. The highest BCUT2D eigenvalue weighted by atomic mass is 16.5. The van der Waals surface area contributed by atoms with Crippen molar-refractivity contribution in [2.75, 3.05) is 7.11 Å². The Morgan fingerprint density at radius 3 is 2.65 bits per heavy atom. The molecule has 1 heterocycles. The zero-order chi connectivity index (χ0) is 23.7. The van der Waals surface area contributed by atoms with Crippen LogP contribution in [-0.4, -0.2) is 29.5 Å². The highest BCUT2D eigenvalue weighted by Gasteiger charge is 2.21. The fourth-order valence-electron chi connectivity index (χ4n) is 5.05. The van der Waals surface area contributed by atoms with E-state index in [0.717, 1.165) is 58.7 Å². The Balaban J connectivity index is 1.60. The van der Waals surface area contributed by atoms with Crippen LogP contribution in [0.3, 0.4) is 0 Å². The Bertz CT molecular complexity index is 1380. The van der Waals surface area contributed by atoms with Gasteiger partial charge in [-0.1, -0.05) is 55.7 Å². The topological polar surface area (TPSA) is 93.1 Å². The second-order valence-electron chi connectivity index (χ2n) is 9.12. The van der Waals surface area contributed by atoms with Gasteiger partial charge in [0.2, 0.25) is 0 Å². The predicted octanol–water partition coefficient (Wildman–Crippen LogP) is 5.20. The van der Waals surface area contributed by atoms with Gasteiger partial charge in [-0.2, -0.15) is 0 Å². The van der Waals surface area contributed by atoms with Gasteiger partial charge in [0.05, 0.1) is 7.11 Å². The number of nitrogen functional groups attached to an aromatic ring is 1. The molecule has 0 spiro atoms. The summed E-state index contributed by atoms with van der Waals surface area (Å²) >= 11 is 0. The summed E-state index contributed by atoms with van der Waals surface area (Å²) in [7, 11) is 1.67. The number of nitrogens with one attached hydrogen (secondary N) is 2. The van der Waals surface area contributed by atoms with Crippen molar-refractivity contribution in [1.29, 1.82) is 5.41 Å². The van der Waals surface area contributed by atoms with Crippen LogP contribution in [0.25, 0.3) is 21.7 Å². The molecule has 0 atom stereocenters. The Labute approximate surface area is 199 Å². The van der Waals surface area contributed by atoms with Crippen molar-refractivity contribution >= 4 is 33.4 Å². The normalized spacial score (nSPS) is 14.4. The lowest BCUT2D eigenvalue weighted by molar-refractivity contribution is 0.0919. The van der Waals surface area contributed by atoms with Crippen LogP contribution in [-0.2, 0) is 6.54 Å². The van der Waals surface area contributed by atoms with E-state index < -0.39 is 0 Å². The summed E-state index contributed by atoms with van der Waals surface area (Å²) < 4.78 is 7.45. The maximum Gasteiger partial charge on any atom is 0.268 e. The average Bonchev–Trinajstić information content (AvgIpc) is 3.22. The molecule has 6 nitrogen and oxygen atoms in total. The highest BCUT2D eigenvalue weighted by molar-refractivity contribution is 6.02. The van der Waals surface area contributed by atoms with Gasteiger partial charge in [-0.05, 0) is 53.4 Å². The number of carbonyl (C=O) groups excluding carboxylic acids is 1. The first-order valence-corrected chi connectivity index (χ1v) is 11.9. The van der Waals surface area contributed by atoms with Crippen LogP contribution in [0.2, 0.25) is 0 Å². The van der Waals surface area contributed by atoms with E-state index >= 15 is 0 Å². The molecular weight excluding hydrogens is 424 g/mol. The molecule has 0 radical (unpaired) electrons. The minimum absolute atomic E-state index is 0.0140. The molecule has 6 heteroatoms. The molecule has 5 rings (SSSR count). The lowest BCUT2D eigenvalue weighted by atomic mass is 9.95. The van der Waals surface area contributed by atoms with Crippen LogP contribution in [0.4, 0.5) is 0 Å². The van der Waals surface area contributed by atoms with Gasteiger partial charge >= 0.3 is 0 Å². The molecule has 0 saturated heterocycles. The van der Waals surface area contributed by atoms with Crippen molar-refractivity contribution < 1.29 is 9.53 Å². The van der Waals surface area contributed by atoms with Gasteiger partial charge in [0.15, 0.2) is 0 Å². The van der Waals surface area contributed by atoms with Gasteiger partial charge in [0.25, 0.3) is 5.91 Å². The number of carbonyl (C=O) groups is 1. The van der Waals surface area contributed by atoms with Crippen molar-refractivity contribution in [2.45, 2.75) is 44.7 Å². The van der Waals surface area contributed by atoms with Crippen molar-refractivity contribution in [1.82, 2.24) is 9.88 Å². The van der Waals surface area contributed by atoms with E-state index in [1.807, 2.05) is 42.5 Å².